The molecular formula is C17H14BrN3O3. The lowest BCUT2D eigenvalue weighted by Gasteiger charge is -2.01. The zero-order chi connectivity index (χ0) is 17.3. The van der Waals surface area contributed by atoms with Gasteiger partial charge >= 0.3 is 0 Å². The van der Waals surface area contributed by atoms with Crippen molar-refractivity contribution in [2.75, 3.05) is 0 Å². The van der Waals surface area contributed by atoms with Gasteiger partial charge < -0.3 is 14.8 Å². The van der Waals surface area contributed by atoms with Crippen LogP contribution in [0.25, 0.3) is 10.9 Å². The number of carbonyl (C=O) groups is 1. The second-order valence-electron chi connectivity index (χ2n) is 5.10. The van der Waals surface area contributed by atoms with E-state index in [2.05, 4.69) is 26.2 Å². The van der Waals surface area contributed by atoms with Crippen LogP contribution in [0.5, 0.6) is 11.6 Å². The molecule has 0 bridgehead atoms. The SMILES string of the molecule is CCn1c(O)c(N=NC(=O)c2ccccc2O)c2cc(Br)ccc21. The number of carbonyl (C=O) groups excluding carboxylic acids is 1. The summed E-state index contributed by atoms with van der Waals surface area (Å²) in [5.74, 6) is -0.899. The maximum Gasteiger partial charge on any atom is 0.299 e. The van der Waals surface area contributed by atoms with Gasteiger partial charge in [0.15, 0.2) is 5.69 Å². The molecule has 0 saturated heterocycles. The van der Waals surface area contributed by atoms with Gasteiger partial charge in [0.1, 0.15) is 5.75 Å². The van der Waals surface area contributed by atoms with E-state index in [1.165, 1.54) is 12.1 Å². The maximum atomic E-state index is 12.1. The van der Waals surface area contributed by atoms with Gasteiger partial charge in [0, 0.05) is 16.4 Å². The highest BCUT2D eigenvalue weighted by molar-refractivity contribution is 9.10. The van der Waals surface area contributed by atoms with Gasteiger partial charge in [0.2, 0.25) is 5.88 Å². The number of azo groups is 1. The number of hydrogen-bond acceptors (Lipinski definition) is 4. The molecule has 7 heteroatoms. The maximum absolute atomic E-state index is 12.1. The third-order valence-corrected chi connectivity index (χ3v) is 4.16. The van der Waals surface area contributed by atoms with Crippen molar-refractivity contribution in [3.63, 3.8) is 0 Å². The lowest BCUT2D eigenvalue weighted by atomic mass is 10.2. The van der Waals surface area contributed by atoms with Crippen LogP contribution in [-0.2, 0) is 6.54 Å². The van der Waals surface area contributed by atoms with E-state index in [1.807, 2.05) is 19.1 Å². The summed E-state index contributed by atoms with van der Waals surface area (Å²) in [6.07, 6.45) is 0. The molecule has 0 fully saturated rings. The Morgan fingerprint density at radius 3 is 2.67 bits per heavy atom. The summed E-state index contributed by atoms with van der Waals surface area (Å²) in [5, 5.41) is 28.3. The third kappa shape index (κ3) is 2.78. The number of aromatic nitrogens is 1. The predicted molar refractivity (Wildman–Crippen MR) is 93.9 cm³/mol. The highest BCUT2D eigenvalue weighted by atomic mass is 79.9. The summed E-state index contributed by atoms with van der Waals surface area (Å²) >= 11 is 3.39. The first-order valence-corrected chi connectivity index (χ1v) is 8.07. The number of benzene rings is 2. The van der Waals surface area contributed by atoms with Gasteiger partial charge in [-0.2, -0.15) is 0 Å². The lowest BCUT2D eigenvalue weighted by molar-refractivity contribution is 0.0992. The monoisotopic (exact) mass is 387 g/mol. The number of hydrogen-bond donors (Lipinski definition) is 2. The first-order chi connectivity index (χ1) is 11.5. The molecule has 0 aliphatic heterocycles. The van der Waals surface area contributed by atoms with Crippen LogP contribution >= 0.6 is 15.9 Å². The highest BCUT2D eigenvalue weighted by Gasteiger charge is 2.17. The summed E-state index contributed by atoms with van der Waals surface area (Å²) in [6.45, 7) is 2.45. The molecule has 1 heterocycles. The van der Waals surface area contributed by atoms with Crippen molar-refractivity contribution in [3.05, 3.63) is 52.5 Å². The van der Waals surface area contributed by atoms with Crippen LogP contribution in [0, 0.1) is 0 Å². The molecule has 24 heavy (non-hydrogen) atoms. The molecule has 2 aromatic carbocycles. The second-order valence-corrected chi connectivity index (χ2v) is 6.02. The van der Waals surface area contributed by atoms with Gasteiger partial charge in [-0.05, 0) is 37.3 Å². The number of phenolic OH excluding ortho intramolecular Hbond substituents is 1. The van der Waals surface area contributed by atoms with Crippen LogP contribution < -0.4 is 0 Å². The summed E-state index contributed by atoms with van der Waals surface area (Å²) in [7, 11) is 0. The molecule has 122 valence electrons. The Hall–Kier alpha value is -2.67. The van der Waals surface area contributed by atoms with Crippen LogP contribution in [0.1, 0.15) is 17.3 Å². The van der Waals surface area contributed by atoms with E-state index >= 15 is 0 Å². The Morgan fingerprint density at radius 1 is 1.21 bits per heavy atom. The number of fused-ring (bicyclic) bond motifs is 1. The Labute approximate surface area is 146 Å². The zero-order valence-electron chi connectivity index (χ0n) is 12.8. The van der Waals surface area contributed by atoms with E-state index < -0.39 is 5.91 Å². The number of para-hydroxylation sites is 1. The van der Waals surface area contributed by atoms with Gasteiger partial charge in [0.25, 0.3) is 5.91 Å². The minimum Gasteiger partial charge on any atom is -0.507 e. The van der Waals surface area contributed by atoms with Gasteiger partial charge in [-0.1, -0.05) is 28.1 Å². The molecule has 0 aliphatic carbocycles. The molecular weight excluding hydrogens is 374 g/mol. The number of nitrogens with zero attached hydrogens (tertiary/aromatic N) is 3. The number of aromatic hydroxyl groups is 2. The highest BCUT2D eigenvalue weighted by Crippen LogP contribution is 2.40. The van der Waals surface area contributed by atoms with E-state index in [0.717, 1.165) is 9.99 Å². The lowest BCUT2D eigenvalue weighted by Crippen LogP contribution is -1.93. The molecule has 6 nitrogen and oxygen atoms in total. The molecule has 1 aromatic heterocycles. The minimum atomic E-state index is -0.681. The second kappa shape index (κ2) is 6.45. The molecule has 3 aromatic rings. The van der Waals surface area contributed by atoms with Crippen molar-refractivity contribution in [3.8, 4) is 11.6 Å². The van der Waals surface area contributed by atoms with Crippen LogP contribution in [0.3, 0.4) is 0 Å². The smallest absolute Gasteiger partial charge is 0.299 e. The number of amides is 1. The average molecular weight is 388 g/mol. The molecule has 0 radical (unpaired) electrons. The normalized spacial score (nSPS) is 11.4. The Bertz CT molecular complexity index is 963. The largest absolute Gasteiger partial charge is 0.507 e. The summed E-state index contributed by atoms with van der Waals surface area (Å²) < 4.78 is 2.51. The number of rotatable bonds is 3. The Kier molecular flexibility index (Phi) is 4.35. The van der Waals surface area contributed by atoms with Crippen molar-refractivity contribution in [1.82, 2.24) is 4.57 Å². The number of aryl methyl sites for hydroxylation is 1. The summed E-state index contributed by atoms with van der Waals surface area (Å²) in [4.78, 5) is 12.1. The topological polar surface area (TPSA) is 87.2 Å². The van der Waals surface area contributed by atoms with Crippen molar-refractivity contribution in [1.29, 1.82) is 0 Å². The average Bonchev–Trinajstić information content (AvgIpc) is 2.83. The first-order valence-electron chi connectivity index (χ1n) is 7.27. The molecule has 0 unspecified atom stereocenters. The summed E-state index contributed by atoms with van der Waals surface area (Å²) in [5.41, 5.74) is 1.07. The molecule has 3 rings (SSSR count). The third-order valence-electron chi connectivity index (χ3n) is 3.66. The molecule has 0 atom stereocenters. The zero-order valence-corrected chi connectivity index (χ0v) is 14.4. The minimum absolute atomic E-state index is 0.0561. The fraction of sp³-hybridized carbons (Fsp3) is 0.118. The van der Waals surface area contributed by atoms with E-state index in [4.69, 9.17) is 0 Å². The van der Waals surface area contributed by atoms with Gasteiger partial charge in [-0.15, -0.1) is 10.2 Å². The first kappa shape index (κ1) is 16.2. The van der Waals surface area contributed by atoms with Gasteiger partial charge in [-0.3, -0.25) is 4.79 Å². The molecule has 2 N–H and O–H groups in total. The Morgan fingerprint density at radius 2 is 1.96 bits per heavy atom. The van der Waals surface area contributed by atoms with Crippen LogP contribution in [-0.4, -0.2) is 20.7 Å². The van der Waals surface area contributed by atoms with Crippen LogP contribution in [0.2, 0.25) is 0 Å². The fourth-order valence-electron chi connectivity index (χ4n) is 2.52. The number of halogens is 1. The van der Waals surface area contributed by atoms with Crippen LogP contribution in [0.4, 0.5) is 5.69 Å². The fourth-order valence-corrected chi connectivity index (χ4v) is 2.88. The Balaban J connectivity index is 2.07. The molecule has 1 amide bonds. The van der Waals surface area contributed by atoms with Crippen molar-refractivity contribution < 1.29 is 15.0 Å². The van der Waals surface area contributed by atoms with Crippen molar-refractivity contribution >= 4 is 38.4 Å². The molecule has 0 spiro atoms. The van der Waals surface area contributed by atoms with Crippen molar-refractivity contribution in [2.24, 2.45) is 10.2 Å². The van der Waals surface area contributed by atoms with E-state index in [0.29, 0.717) is 11.9 Å². The quantitative estimate of drug-likeness (QED) is 0.635. The van der Waals surface area contributed by atoms with Gasteiger partial charge in [0.05, 0.1) is 11.1 Å². The summed E-state index contributed by atoms with van der Waals surface area (Å²) in [6, 6.07) is 11.6. The number of phenols is 1. The van der Waals surface area contributed by atoms with E-state index in [-0.39, 0.29) is 22.9 Å². The standard InChI is InChI=1S/C17H14BrN3O3/c1-2-21-13-8-7-10(18)9-12(13)15(17(21)24)19-20-16(23)11-5-3-4-6-14(11)22/h3-9,22,24H,2H2,1H3. The molecule has 0 saturated carbocycles. The van der Waals surface area contributed by atoms with Crippen LogP contribution in [0.15, 0.2) is 57.2 Å². The van der Waals surface area contributed by atoms with E-state index in [9.17, 15) is 15.0 Å². The van der Waals surface area contributed by atoms with Crippen molar-refractivity contribution in [2.45, 2.75) is 13.5 Å². The van der Waals surface area contributed by atoms with E-state index in [1.54, 1.807) is 22.8 Å². The van der Waals surface area contributed by atoms with Gasteiger partial charge in [-0.25, -0.2) is 0 Å². The predicted octanol–water partition coefficient (Wildman–Crippen LogP) is 4.76. The molecule has 0 aliphatic rings.